The van der Waals surface area contributed by atoms with Gasteiger partial charge in [0.25, 0.3) is 0 Å². The van der Waals surface area contributed by atoms with Gasteiger partial charge in [-0.3, -0.25) is 14.6 Å². The third-order valence-corrected chi connectivity index (χ3v) is 6.35. The predicted molar refractivity (Wildman–Crippen MR) is 87.0 cm³/mol. The van der Waals surface area contributed by atoms with Crippen LogP contribution in [0, 0.1) is 0 Å². The van der Waals surface area contributed by atoms with Gasteiger partial charge in [0.15, 0.2) is 0 Å². The lowest BCUT2D eigenvalue weighted by Crippen LogP contribution is -2.63. The van der Waals surface area contributed by atoms with Crippen molar-refractivity contribution in [2.45, 2.75) is 38.3 Å². The second kappa shape index (κ2) is 5.91. The first-order chi connectivity index (χ1) is 10.7. The molecule has 2 saturated heterocycles. The lowest BCUT2D eigenvalue weighted by atomic mass is 10.0. The summed E-state index contributed by atoms with van der Waals surface area (Å²) in [6.45, 7) is 5.72. The highest BCUT2D eigenvalue weighted by Crippen LogP contribution is 2.28. The SMILES string of the molecule is CN1CCN2CCN(Cc3nc4c(s3)CCCC4)C[C@@H]2C1=O. The van der Waals surface area contributed by atoms with Crippen LogP contribution in [0.2, 0.25) is 0 Å². The molecule has 0 spiro atoms. The number of likely N-dealkylation sites (N-methyl/N-ethyl adjacent to an activating group) is 1. The summed E-state index contributed by atoms with van der Waals surface area (Å²) < 4.78 is 0. The molecule has 0 saturated carbocycles. The summed E-state index contributed by atoms with van der Waals surface area (Å²) in [4.78, 5) is 25.4. The van der Waals surface area contributed by atoms with Crippen LogP contribution < -0.4 is 0 Å². The largest absolute Gasteiger partial charge is 0.343 e. The van der Waals surface area contributed by atoms with Gasteiger partial charge in [-0.25, -0.2) is 4.98 Å². The highest BCUT2D eigenvalue weighted by Gasteiger charge is 2.37. The number of thiazole rings is 1. The Morgan fingerprint density at radius 2 is 2.00 bits per heavy atom. The summed E-state index contributed by atoms with van der Waals surface area (Å²) in [6, 6.07) is 0.0575. The van der Waals surface area contributed by atoms with Crippen LogP contribution in [-0.4, -0.2) is 71.4 Å². The molecule has 3 heterocycles. The van der Waals surface area contributed by atoms with E-state index >= 15 is 0 Å². The summed E-state index contributed by atoms with van der Waals surface area (Å²) in [5, 5.41) is 1.25. The van der Waals surface area contributed by atoms with Crippen molar-refractivity contribution >= 4 is 17.2 Å². The Bertz CT molecular complexity index is 549. The quantitative estimate of drug-likeness (QED) is 0.814. The third kappa shape index (κ3) is 2.68. The number of hydrogen-bond acceptors (Lipinski definition) is 5. The van der Waals surface area contributed by atoms with Gasteiger partial charge in [0.05, 0.1) is 12.2 Å². The standard InChI is InChI=1S/C16H24N4OS/c1-18-6-8-20-9-7-19(10-13(20)16(18)21)11-15-17-12-4-2-3-5-14(12)22-15/h13H,2-11H2,1H3/t13-/m1/s1. The van der Waals surface area contributed by atoms with Crippen molar-refractivity contribution in [1.82, 2.24) is 19.7 Å². The zero-order valence-corrected chi connectivity index (χ0v) is 14.1. The van der Waals surface area contributed by atoms with E-state index in [2.05, 4.69) is 9.80 Å². The van der Waals surface area contributed by atoms with Gasteiger partial charge in [0.1, 0.15) is 11.0 Å². The molecule has 2 fully saturated rings. The van der Waals surface area contributed by atoms with E-state index in [1.165, 1.54) is 34.8 Å². The zero-order chi connectivity index (χ0) is 15.1. The first-order valence-electron chi connectivity index (χ1n) is 8.39. The van der Waals surface area contributed by atoms with E-state index < -0.39 is 0 Å². The maximum Gasteiger partial charge on any atom is 0.241 e. The molecule has 0 N–H and O–H groups in total. The minimum absolute atomic E-state index is 0.0575. The highest BCUT2D eigenvalue weighted by atomic mass is 32.1. The smallest absolute Gasteiger partial charge is 0.241 e. The van der Waals surface area contributed by atoms with E-state index in [9.17, 15) is 4.79 Å². The van der Waals surface area contributed by atoms with Gasteiger partial charge in [-0.1, -0.05) is 0 Å². The van der Waals surface area contributed by atoms with E-state index in [0.29, 0.717) is 0 Å². The molecule has 2 aliphatic heterocycles. The molecule has 0 radical (unpaired) electrons. The van der Waals surface area contributed by atoms with Crippen molar-refractivity contribution in [1.29, 1.82) is 0 Å². The fourth-order valence-electron chi connectivity index (χ4n) is 3.83. The molecule has 0 bridgehead atoms. The average Bonchev–Trinajstić information content (AvgIpc) is 2.93. The Kier molecular flexibility index (Phi) is 3.92. The normalized spacial score (nSPS) is 26.9. The summed E-state index contributed by atoms with van der Waals surface area (Å²) in [6.07, 6.45) is 4.98. The second-order valence-electron chi connectivity index (χ2n) is 6.73. The van der Waals surface area contributed by atoms with Gasteiger partial charge in [-0.05, 0) is 25.7 Å². The summed E-state index contributed by atoms with van der Waals surface area (Å²) >= 11 is 1.90. The monoisotopic (exact) mass is 320 g/mol. The molecule has 5 nitrogen and oxygen atoms in total. The first kappa shape index (κ1) is 14.6. The average molecular weight is 320 g/mol. The minimum Gasteiger partial charge on any atom is -0.343 e. The number of carbonyl (C=O) groups excluding carboxylic acids is 1. The second-order valence-corrected chi connectivity index (χ2v) is 7.90. The Hall–Kier alpha value is -0.980. The van der Waals surface area contributed by atoms with Gasteiger partial charge < -0.3 is 4.90 Å². The van der Waals surface area contributed by atoms with Gasteiger partial charge in [0, 0.05) is 44.6 Å². The van der Waals surface area contributed by atoms with Crippen molar-refractivity contribution in [3.8, 4) is 0 Å². The van der Waals surface area contributed by atoms with Crippen molar-refractivity contribution in [3.05, 3.63) is 15.6 Å². The molecule has 4 rings (SSSR count). The fraction of sp³-hybridized carbons (Fsp3) is 0.750. The van der Waals surface area contributed by atoms with Crippen molar-refractivity contribution in [2.24, 2.45) is 0 Å². The minimum atomic E-state index is 0.0575. The molecule has 120 valence electrons. The molecule has 3 aliphatic rings. The Morgan fingerprint density at radius 1 is 1.18 bits per heavy atom. The number of hydrogen-bond donors (Lipinski definition) is 0. The number of nitrogens with zero attached hydrogens (tertiary/aromatic N) is 4. The maximum atomic E-state index is 12.4. The topological polar surface area (TPSA) is 39.7 Å². The van der Waals surface area contributed by atoms with E-state index in [1.54, 1.807) is 0 Å². The molecular formula is C16H24N4OS. The van der Waals surface area contributed by atoms with Crippen molar-refractivity contribution in [3.63, 3.8) is 0 Å². The molecular weight excluding hydrogens is 296 g/mol. The molecule has 1 aromatic heterocycles. The van der Waals surface area contributed by atoms with Crippen molar-refractivity contribution < 1.29 is 4.79 Å². The molecule has 0 aromatic carbocycles. The lowest BCUT2D eigenvalue weighted by Gasteiger charge is -2.45. The van der Waals surface area contributed by atoms with Crippen LogP contribution in [0.25, 0.3) is 0 Å². The predicted octanol–water partition coefficient (Wildman–Crippen LogP) is 0.980. The number of amides is 1. The van der Waals surface area contributed by atoms with E-state index in [4.69, 9.17) is 4.98 Å². The van der Waals surface area contributed by atoms with Crippen LogP contribution in [-0.2, 0) is 24.2 Å². The fourth-order valence-corrected chi connectivity index (χ4v) is 5.03. The molecule has 0 unspecified atom stereocenters. The molecule has 1 amide bonds. The van der Waals surface area contributed by atoms with Crippen LogP contribution in [0.4, 0.5) is 0 Å². The molecule has 1 aliphatic carbocycles. The van der Waals surface area contributed by atoms with E-state index in [1.807, 2.05) is 23.3 Å². The molecule has 1 atom stereocenters. The van der Waals surface area contributed by atoms with Gasteiger partial charge in [-0.15, -0.1) is 11.3 Å². The van der Waals surface area contributed by atoms with Crippen LogP contribution in [0.15, 0.2) is 0 Å². The number of fused-ring (bicyclic) bond motifs is 2. The van der Waals surface area contributed by atoms with Gasteiger partial charge in [-0.2, -0.15) is 0 Å². The molecule has 22 heavy (non-hydrogen) atoms. The van der Waals surface area contributed by atoms with Crippen LogP contribution >= 0.6 is 11.3 Å². The Morgan fingerprint density at radius 3 is 2.86 bits per heavy atom. The molecule has 6 heteroatoms. The molecule has 1 aromatic rings. The van der Waals surface area contributed by atoms with Crippen molar-refractivity contribution in [2.75, 3.05) is 39.8 Å². The number of piperazine rings is 2. The number of aromatic nitrogens is 1. The number of aryl methyl sites for hydroxylation is 2. The highest BCUT2D eigenvalue weighted by molar-refractivity contribution is 7.11. The van der Waals surface area contributed by atoms with Crippen LogP contribution in [0.5, 0.6) is 0 Å². The Balaban J connectivity index is 1.43. The van der Waals surface area contributed by atoms with Crippen LogP contribution in [0.3, 0.4) is 0 Å². The first-order valence-corrected chi connectivity index (χ1v) is 9.21. The maximum absolute atomic E-state index is 12.4. The summed E-state index contributed by atoms with van der Waals surface area (Å²) in [5.41, 5.74) is 1.35. The number of carbonyl (C=O) groups is 1. The van der Waals surface area contributed by atoms with Gasteiger partial charge in [0.2, 0.25) is 5.91 Å². The zero-order valence-electron chi connectivity index (χ0n) is 13.3. The Labute approximate surface area is 135 Å². The van der Waals surface area contributed by atoms with E-state index in [-0.39, 0.29) is 11.9 Å². The number of rotatable bonds is 2. The van der Waals surface area contributed by atoms with E-state index in [0.717, 1.165) is 45.7 Å². The summed E-state index contributed by atoms with van der Waals surface area (Å²) in [5.74, 6) is 0.286. The van der Waals surface area contributed by atoms with Crippen LogP contribution in [0.1, 0.15) is 28.4 Å². The lowest BCUT2D eigenvalue weighted by molar-refractivity contribution is -0.143. The third-order valence-electron chi connectivity index (χ3n) is 5.21. The van der Waals surface area contributed by atoms with Gasteiger partial charge >= 0.3 is 0 Å². The summed E-state index contributed by atoms with van der Waals surface area (Å²) in [7, 11) is 1.92.